The number of amides is 1. The van der Waals surface area contributed by atoms with Gasteiger partial charge in [0.15, 0.2) is 0 Å². The molecule has 0 saturated carbocycles. The van der Waals surface area contributed by atoms with Crippen LogP contribution in [0.4, 0.5) is 8.78 Å². The Balaban J connectivity index is 1.67. The molecule has 6 heteroatoms. The fourth-order valence-electron chi connectivity index (χ4n) is 2.70. The second-order valence-electron chi connectivity index (χ2n) is 5.53. The van der Waals surface area contributed by atoms with Gasteiger partial charge in [0.2, 0.25) is 0 Å². The fraction of sp³-hybridized carbons (Fsp3) is 0.167. The van der Waals surface area contributed by atoms with Crippen LogP contribution < -0.4 is 11.1 Å². The number of aromatic nitrogens is 1. The predicted molar refractivity (Wildman–Crippen MR) is 88.6 cm³/mol. The normalized spacial score (nSPS) is 11.0. The zero-order valence-corrected chi connectivity index (χ0v) is 12.9. The van der Waals surface area contributed by atoms with Crippen LogP contribution >= 0.6 is 0 Å². The molecule has 1 amide bonds. The molecule has 24 heavy (non-hydrogen) atoms. The van der Waals surface area contributed by atoms with Gasteiger partial charge >= 0.3 is 0 Å². The van der Waals surface area contributed by atoms with E-state index in [0.29, 0.717) is 41.5 Å². The largest absolute Gasteiger partial charge is 0.361 e. The molecule has 124 valence electrons. The Bertz CT molecular complexity index is 889. The number of halogens is 2. The van der Waals surface area contributed by atoms with E-state index in [4.69, 9.17) is 5.73 Å². The molecule has 2 aromatic carbocycles. The number of nitrogens with one attached hydrogen (secondary N) is 2. The Morgan fingerprint density at radius 1 is 1.21 bits per heavy atom. The number of nitrogens with two attached hydrogens (primary N) is 1. The summed E-state index contributed by atoms with van der Waals surface area (Å²) in [5.74, 6) is -1.44. The molecule has 1 heterocycles. The highest BCUT2D eigenvalue weighted by Crippen LogP contribution is 2.23. The van der Waals surface area contributed by atoms with E-state index in [-0.39, 0.29) is 5.91 Å². The molecular formula is C18H17F2N3O. The lowest BCUT2D eigenvalue weighted by molar-refractivity contribution is 0.0954. The maximum absolute atomic E-state index is 13.9. The summed E-state index contributed by atoms with van der Waals surface area (Å²) in [6, 6.07) is 9.19. The Morgan fingerprint density at radius 3 is 2.83 bits per heavy atom. The van der Waals surface area contributed by atoms with Crippen molar-refractivity contribution in [3.63, 3.8) is 0 Å². The van der Waals surface area contributed by atoms with Crippen molar-refractivity contribution in [3.05, 3.63) is 70.9 Å². The van der Waals surface area contributed by atoms with E-state index in [0.717, 1.165) is 11.6 Å². The summed E-state index contributed by atoms with van der Waals surface area (Å²) in [5, 5.41) is 3.15. The lowest BCUT2D eigenvalue weighted by Crippen LogP contribution is -2.25. The Hall–Kier alpha value is -2.73. The van der Waals surface area contributed by atoms with Gasteiger partial charge in [-0.3, -0.25) is 4.79 Å². The van der Waals surface area contributed by atoms with E-state index < -0.39 is 11.6 Å². The van der Waals surface area contributed by atoms with Crippen LogP contribution in [0, 0.1) is 11.6 Å². The molecule has 0 aliphatic heterocycles. The first-order valence-corrected chi connectivity index (χ1v) is 7.60. The summed E-state index contributed by atoms with van der Waals surface area (Å²) < 4.78 is 27.1. The minimum atomic E-state index is -0.624. The minimum absolute atomic E-state index is 0.211. The van der Waals surface area contributed by atoms with E-state index in [1.54, 1.807) is 24.4 Å². The molecule has 0 aliphatic rings. The number of aromatic amines is 1. The highest BCUT2D eigenvalue weighted by Gasteiger charge is 2.11. The van der Waals surface area contributed by atoms with Gasteiger partial charge in [-0.2, -0.15) is 0 Å². The molecular weight excluding hydrogens is 312 g/mol. The van der Waals surface area contributed by atoms with E-state index in [9.17, 15) is 13.6 Å². The average Bonchev–Trinajstić information content (AvgIpc) is 2.98. The topological polar surface area (TPSA) is 70.9 Å². The standard InChI is InChI=1S/C18H17F2N3O/c19-14-7-15(20)17-13(10-23-16(17)8-14)4-5-22-18(24)12-3-1-2-11(6-12)9-21/h1-3,6-8,10,23H,4-5,9,21H2,(H,22,24). The van der Waals surface area contributed by atoms with Crippen LogP contribution in [0.5, 0.6) is 0 Å². The third-order valence-electron chi connectivity index (χ3n) is 3.88. The van der Waals surface area contributed by atoms with Gasteiger partial charge in [0.1, 0.15) is 11.6 Å². The Morgan fingerprint density at radius 2 is 2.04 bits per heavy atom. The summed E-state index contributed by atoms with van der Waals surface area (Å²) in [6.07, 6.45) is 2.07. The molecule has 4 N–H and O–H groups in total. The van der Waals surface area contributed by atoms with E-state index in [1.807, 2.05) is 6.07 Å². The molecule has 0 saturated heterocycles. The average molecular weight is 329 g/mol. The molecule has 0 spiro atoms. The van der Waals surface area contributed by atoms with E-state index >= 15 is 0 Å². The van der Waals surface area contributed by atoms with Crippen LogP contribution in [-0.2, 0) is 13.0 Å². The third kappa shape index (κ3) is 3.28. The lowest BCUT2D eigenvalue weighted by atomic mass is 10.1. The van der Waals surface area contributed by atoms with Crippen LogP contribution in [0.15, 0.2) is 42.6 Å². The fourth-order valence-corrected chi connectivity index (χ4v) is 2.70. The number of rotatable bonds is 5. The van der Waals surface area contributed by atoms with Crippen LogP contribution in [-0.4, -0.2) is 17.4 Å². The van der Waals surface area contributed by atoms with Crippen molar-refractivity contribution >= 4 is 16.8 Å². The van der Waals surface area contributed by atoms with Crippen molar-refractivity contribution in [1.29, 1.82) is 0 Å². The smallest absolute Gasteiger partial charge is 0.251 e. The molecule has 4 nitrogen and oxygen atoms in total. The molecule has 0 aliphatic carbocycles. The van der Waals surface area contributed by atoms with Gasteiger partial charge in [-0.25, -0.2) is 8.78 Å². The van der Waals surface area contributed by atoms with Crippen molar-refractivity contribution in [3.8, 4) is 0 Å². The summed E-state index contributed by atoms with van der Waals surface area (Å²) in [7, 11) is 0. The Labute approximate surface area is 137 Å². The van der Waals surface area contributed by atoms with Crippen LogP contribution in [0.3, 0.4) is 0 Å². The van der Waals surface area contributed by atoms with Crippen LogP contribution in [0.1, 0.15) is 21.5 Å². The zero-order chi connectivity index (χ0) is 17.1. The highest BCUT2D eigenvalue weighted by molar-refractivity contribution is 5.94. The predicted octanol–water partition coefficient (Wildman–Crippen LogP) is 2.88. The van der Waals surface area contributed by atoms with E-state index in [1.165, 1.54) is 6.07 Å². The number of carbonyl (C=O) groups is 1. The van der Waals surface area contributed by atoms with E-state index in [2.05, 4.69) is 10.3 Å². The van der Waals surface area contributed by atoms with Crippen molar-refractivity contribution in [1.82, 2.24) is 10.3 Å². The van der Waals surface area contributed by atoms with Crippen molar-refractivity contribution in [2.24, 2.45) is 5.73 Å². The van der Waals surface area contributed by atoms with Crippen LogP contribution in [0.2, 0.25) is 0 Å². The van der Waals surface area contributed by atoms with Gasteiger partial charge in [-0.05, 0) is 35.7 Å². The SMILES string of the molecule is NCc1cccc(C(=O)NCCc2c[nH]c3cc(F)cc(F)c23)c1. The summed E-state index contributed by atoms with van der Waals surface area (Å²) in [5.41, 5.74) is 8.07. The molecule has 0 unspecified atom stereocenters. The van der Waals surface area contributed by atoms with Crippen molar-refractivity contribution < 1.29 is 13.6 Å². The van der Waals surface area contributed by atoms with Gasteiger partial charge in [0.25, 0.3) is 5.91 Å². The van der Waals surface area contributed by atoms with Gasteiger partial charge in [0.05, 0.1) is 5.52 Å². The summed E-state index contributed by atoms with van der Waals surface area (Å²) >= 11 is 0. The van der Waals surface area contributed by atoms with Gasteiger partial charge in [-0.15, -0.1) is 0 Å². The molecule has 0 atom stereocenters. The van der Waals surface area contributed by atoms with Crippen molar-refractivity contribution in [2.45, 2.75) is 13.0 Å². The van der Waals surface area contributed by atoms with Gasteiger partial charge in [-0.1, -0.05) is 12.1 Å². The maximum Gasteiger partial charge on any atom is 0.251 e. The number of hydrogen-bond acceptors (Lipinski definition) is 2. The molecule has 1 aromatic heterocycles. The monoisotopic (exact) mass is 329 g/mol. The highest BCUT2D eigenvalue weighted by atomic mass is 19.1. The zero-order valence-electron chi connectivity index (χ0n) is 12.9. The first-order chi connectivity index (χ1) is 11.6. The molecule has 0 bridgehead atoms. The quantitative estimate of drug-likeness (QED) is 0.673. The first kappa shape index (κ1) is 16.1. The second-order valence-corrected chi connectivity index (χ2v) is 5.53. The number of benzene rings is 2. The van der Waals surface area contributed by atoms with Crippen molar-refractivity contribution in [2.75, 3.05) is 6.54 Å². The minimum Gasteiger partial charge on any atom is -0.361 e. The summed E-state index contributed by atoms with van der Waals surface area (Å²) in [6.45, 7) is 0.710. The molecule has 0 fully saturated rings. The van der Waals surface area contributed by atoms with Crippen LogP contribution in [0.25, 0.3) is 10.9 Å². The molecule has 3 rings (SSSR count). The third-order valence-corrected chi connectivity index (χ3v) is 3.88. The maximum atomic E-state index is 13.9. The number of carbonyl (C=O) groups excluding carboxylic acids is 1. The summed E-state index contributed by atoms with van der Waals surface area (Å²) in [4.78, 5) is 15.0. The number of fused-ring (bicyclic) bond motifs is 1. The molecule has 3 aromatic rings. The Kier molecular flexibility index (Phi) is 4.57. The molecule has 0 radical (unpaired) electrons. The first-order valence-electron chi connectivity index (χ1n) is 7.60. The lowest BCUT2D eigenvalue weighted by Gasteiger charge is -2.06. The number of H-pyrrole nitrogens is 1. The second kappa shape index (κ2) is 6.80. The number of hydrogen-bond donors (Lipinski definition) is 3. The van der Waals surface area contributed by atoms with Gasteiger partial charge < -0.3 is 16.0 Å². The van der Waals surface area contributed by atoms with Gasteiger partial charge in [0, 0.05) is 36.3 Å².